The zero-order valence-electron chi connectivity index (χ0n) is 13.6. The van der Waals surface area contributed by atoms with Gasteiger partial charge in [0.15, 0.2) is 9.84 Å². The van der Waals surface area contributed by atoms with Gasteiger partial charge in [-0.05, 0) is 62.4 Å². The zero-order chi connectivity index (χ0) is 18.6. The quantitative estimate of drug-likeness (QED) is 0.737. The minimum absolute atomic E-state index is 0.151. The molecule has 0 unspecified atom stereocenters. The van der Waals surface area contributed by atoms with E-state index in [2.05, 4.69) is 26.8 Å². The van der Waals surface area contributed by atoms with Crippen LogP contribution >= 0.6 is 15.9 Å². The number of hydrogen-bond donors (Lipinski definition) is 2. The third-order valence-corrected chi connectivity index (χ3v) is 6.16. The molecule has 0 aliphatic heterocycles. The van der Waals surface area contributed by atoms with Gasteiger partial charge in [-0.2, -0.15) is 0 Å². The third kappa shape index (κ3) is 4.67. The Morgan fingerprint density at radius 3 is 1.64 bits per heavy atom. The molecular formula is C17H17BrN2O4S. The first-order valence-corrected chi connectivity index (χ1v) is 9.76. The lowest BCUT2D eigenvalue weighted by atomic mass is 10.2. The first-order chi connectivity index (χ1) is 11.7. The summed E-state index contributed by atoms with van der Waals surface area (Å²) in [6.45, 7) is 3.18. The van der Waals surface area contributed by atoms with Crippen LogP contribution in [0.5, 0.6) is 0 Å². The molecule has 0 fully saturated rings. The van der Waals surface area contributed by atoms with Crippen LogP contribution in [0.15, 0.2) is 57.9 Å². The summed E-state index contributed by atoms with van der Waals surface area (Å²) in [5, 5.41) is -0.544. The fourth-order valence-corrected chi connectivity index (χ4v) is 3.25. The molecule has 0 spiro atoms. The average molecular weight is 425 g/mol. The van der Waals surface area contributed by atoms with E-state index in [-0.39, 0.29) is 10.5 Å². The second-order valence-corrected chi connectivity index (χ2v) is 8.95. The molecule has 6 nitrogen and oxygen atoms in total. The Balaban J connectivity index is 2.01. The van der Waals surface area contributed by atoms with E-state index in [0.717, 1.165) is 4.47 Å². The lowest BCUT2D eigenvalue weighted by molar-refractivity contribution is 0.0846. The molecule has 0 heterocycles. The molecule has 0 radical (unpaired) electrons. The van der Waals surface area contributed by atoms with Gasteiger partial charge in [0.2, 0.25) is 0 Å². The number of halogens is 1. The molecule has 2 amide bonds. The monoisotopic (exact) mass is 424 g/mol. The van der Waals surface area contributed by atoms with E-state index in [0.29, 0.717) is 5.56 Å². The lowest BCUT2D eigenvalue weighted by Crippen LogP contribution is -2.41. The fraction of sp³-hybridized carbons (Fsp3) is 0.176. The molecule has 0 saturated heterocycles. The van der Waals surface area contributed by atoms with Crippen molar-refractivity contribution in [3.63, 3.8) is 0 Å². The molecule has 0 aliphatic carbocycles. The van der Waals surface area contributed by atoms with Gasteiger partial charge in [-0.3, -0.25) is 20.4 Å². The molecule has 132 valence electrons. The molecule has 25 heavy (non-hydrogen) atoms. The molecule has 2 aromatic carbocycles. The van der Waals surface area contributed by atoms with E-state index in [1.54, 1.807) is 38.1 Å². The van der Waals surface area contributed by atoms with Crippen molar-refractivity contribution in [2.75, 3.05) is 0 Å². The minimum Gasteiger partial charge on any atom is -0.267 e. The highest BCUT2D eigenvalue weighted by Gasteiger charge is 2.19. The Morgan fingerprint density at radius 1 is 0.840 bits per heavy atom. The minimum atomic E-state index is -3.39. The van der Waals surface area contributed by atoms with Crippen LogP contribution in [0.2, 0.25) is 0 Å². The van der Waals surface area contributed by atoms with E-state index in [4.69, 9.17) is 0 Å². The van der Waals surface area contributed by atoms with Crippen molar-refractivity contribution in [1.82, 2.24) is 10.9 Å². The molecule has 0 bridgehead atoms. The maximum atomic E-state index is 12.0. The van der Waals surface area contributed by atoms with Crippen molar-refractivity contribution in [3.8, 4) is 0 Å². The van der Waals surface area contributed by atoms with Crippen LogP contribution in [-0.2, 0) is 9.84 Å². The molecule has 0 saturated carbocycles. The highest BCUT2D eigenvalue weighted by Crippen LogP contribution is 2.16. The summed E-state index contributed by atoms with van der Waals surface area (Å²) in [4.78, 5) is 24.1. The third-order valence-electron chi connectivity index (χ3n) is 3.46. The summed E-state index contributed by atoms with van der Waals surface area (Å²) in [5.41, 5.74) is 5.23. The summed E-state index contributed by atoms with van der Waals surface area (Å²) in [6, 6.07) is 12.2. The molecular weight excluding hydrogens is 408 g/mol. The predicted octanol–water partition coefficient (Wildman–Crippen LogP) is 2.71. The van der Waals surface area contributed by atoms with E-state index in [9.17, 15) is 18.0 Å². The number of sulfone groups is 1. The van der Waals surface area contributed by atoms with E-state index < -0.39 is 26.9 Å². The van der Waals surface area contributed by atoms with Crippen molar-refractivity contribution < 1.29 is 18.0 Å². The van der Waals surface area contributed by atoms with Crippen LogP contribution in [0, 0.1) is 0 Å². The Hall–Kier alpha value is -2.19. The van der Waals surface area contributed by atoms with Crippen molar-refractivity contribution in [1.29, 1.82) is 0 Å². The summed E-state index contributed by atoms with van der Waals surface area (Å²) in [6.07, 6.45) is 0. The Labute approximate surface area is 154 Å². The lowest BCUT2D eigenvalue weighted by Gasteiger charge is -2.10. The number of carbonyl (C=O) groups excluding carboxylic acids is 2. The van der Waals surface area contributed by atoms with Gasteiger partial charge in [0.1, 0.15) is 0 Å². The SMILES string of the molecule is CC(C)S(=O)(=O)c1ccc(C(=O)NNC(=O)c2ccc(Br)cc2)cc1. The standard InChI is InChI=1S/C17H17BrN2O4S/c1-11(2)25(23,24)15-9-5-13(6-10-15)17(22)20-19-16(21)12-3-7-14(18)8-4-12/h3-11H,1-2H3,(H,19,21)(H,20,22). The summed E-state index contributed by atoms with van der Waals surface area (Å²) in [7, 11) is -3.39. The van der Waals surface area contributed by atoms with Crippen molar-refractivity contribution in [2.24, 2.45) is 0 Å². The fourth-order valence-electron chi connectivity index (χ4n) is 1.93. The zero-order valence-corrected chi connectivity index (χ0v) is 16.0. The molecule has 0 atom stereocenters. The predicted molar refractivity (Wildman–Crippen MR) is 97.8 cm³/mol. The molecule has 0 aliphatic rings. The van der Waals surface area contributed by atoms with E-state index in [1.165, 1.54) is 24.3 Å². The van der Waals surface area contributed by atoms with Gasteiger partial charge in [0.05, 0.1) is 10.1 Å². The number of benzene rings is 2. The number of amides is 2. The van der Waals surface area contributed by atoms with Gasteiger partial charge in [0, 0.05) is 15.6 Å². The van der Waals surface area contributed by atoms with Gasteiger partial charge in [-0.15, -0.1) is 0 Å². The largest absolute Gasteiger partial charge is 0.269 e. The summed E-state index contributed by atoms with van der Waals surface area (Å²) < 4.78 is 24.9. The number of rotatable bonds is 4. The second-order valence-electron chi connectivity index (χ2n) is 5.53. The number of hydrazine groups is 1. The second kappa shape index (κ2) is 7.79. The van der Waals surface area contributed by atoms with Gasteiger partial charge < -0.3 is 0 Å². The van der Waals surface area contributed by atoms with Gasteiger partial charge in [0.25, 0.3) is 11.8 Å². The van der Waals surface area contributed by atoms with Gasteiger partial charge >= 0.3 is 0 Å². The first-order valence-electron chi connectivity index (χ1n) is 7.42. The van der Waals surface area contributed by atoms with E-state index >= 15 is 0 Å². The normalized spacial score (nSPS) is 11.2. The topological polar surface area (TPSA) is 92.3 Å². The van der Waals surface area contributed by atoms with Gasteiger partial charge in [-0.1, -0.05) is 15.9 Å². The maximum Gasteiger partial charge on any atom is 0.269 e. The first kappa shape index (κ1) is 19.1. The van der Waals surface area contributed by atoms with Gasteiger partial charge in [-0.25, -0.2) is 8.42 Å². The van der Waals surface area contributed by atoms with Crippen LogP contribution < -0.4 is 10.9 Å². The van der Waals surface area contributed by atoms with E-state index in [1.807, 2.05) is 0 Å². The Morgan fingerprint density at radius 2 is 1.24 bits per heavy atom. The average Bonchev–Trinajstić information content (AvgIpc) is 2.60. The van der Waals surface area contributed by atoms with Crippen LogP contribution in [0.25, 0.3) is 0 Å². The highest BCUT2D eigenvalue weighted by atomic mass is 79.9. The van der Waals surface area contributed by atoms with Crippen molar-refractivity contribution >= 4 is 37.6 Å². The van der Waals surface area contributed by atoms with Crippen LogP contribution in [0.3, 0.4) is 0 Å². The Kier molecular flexibility index (Phi) is 5.97. The summed E-state index contributed by atoms with van der Waals surface area (Å²) in [5.74, 6) is -1.00. The Bertz CT molecular complexity index is 876. The number of hydrogen-bond acceptors (Lipinski definition) is 4. The highest BCUT2D eigenvalue weighted by molar-refractivity contribution is 9.10. The smallest absolute Gasteiger partial charge is 0.267 e. The molecule has 2 aromatic rings. The van der Waals surface area contributed by atoms with Crippen LogP contribution in [0.4, 0.5) is 0 Å². The molecule has 2 rings (SSSR count). The van der Waals surface area contributed by atoms with Crippen molar-refractivity contribution in [3.05, 3.63) is 64.1 Å². The molecule has 8 heteroatoms. The summed E-state index contributed by atoms with van der Waals surface area (Å²) >= 11 is 3.27. The van der Waals surface area contributed by atoms with Crippen molar-refractivity contribution in [2.45, 2.75) is 24.0 Å². The molecule has 0 aromatic heterocycles. The van der Waals surface area contributed by atoms with Crippen LogP contribution in [0.1, 0.15) is 34.6 Å². The maximum absolute atomic E-state index is 12.0. The number of carbonyl (C=O) groups is 2. The van der Waals surface area contributed by atoms with Crippen LogP contribution in [-0.4, -0.2) is 25.5 Å². The molecule has 2 N–H and O–H groups in total. The number of nitrogens with one attached hydrogen (secondary N) is 2.